The lowest BCUT2D eigenvalue weighted by atomic mass is 9.44. The Kier molecular flexibility index (Phi) is 4.45. The molecule has 0 aromatic heterocycles. The zero-order valence-electron chi connectivity index (χ0n) is 16.6. The van der Waals surface area contributed by atoms with E-state index in [-0.39, 0.29) is 10.3 Å². The Bertz CT molecular complexity index is 929. The Morgan fingerprint density at radius 1 is 1.00 bits per heavy atom. The van der Waals surface area contributed by atoms with Crippen molar-refractivity contribution in [1.82, 2.24) is 0 Å². The summed E-state index contributed by atoms with van der Waals surface area (Å²) < 4.78 is 12.4. The number of benzene rings is 2. The van der Waals surface area contributed by atoms with Crippen LogP contribution < -0.4 is 4.74 Å². The number of aromatic hydroxyl groups is 1. The number of alkyl halides is 1. The lowest BCUT2D eigenvalue weighted by molar-refractivity contribution is -0.125. The molecule has 152 valence electrons. The van der Waals surface area contributed by atoms with Crippen LogP contribution in [0.2, 0.25) is 0 Å². The molecule has 0 amide bonds. The number of para-hydroxylation sites is 1. The van der Waals surface area contributed by atoms with Gasteiger partial charge in [-0.1, -0.05) is 36.9 Å². The molecule has 0 radical (unpaired) electrons. The Balaban J connectivity index is 1.39. The molecule has 0 heterocycles. The Labute approximate surface area is 177 Å². The summed E-state index contributed by atoms with van der Waals surface area (Å²) in [5.74, 6) is 1.66. The predicted octanol–water partition coefficient (Wildman–Crippen LogP) is 5.61. The van der Waals surface area contributed by atoms with Crippen molar-refractivity contribution >= 4 is 11.6 Å². The molecule has 4 atom stereocenters. The van der Waals surface area contributed by atoms with E-state index in [4.69, 9.17) is 21.1 Å². The number of phenols is 1. The largest absolute Gasteiger partial charge is 0.508 e. The zero-order valence-corrected chi connectivity index (χ0v) is 17.3. The molecule has 29 heavy (non-hydrogen) atoms. The topological polar surface area (TPSA) is 38.7 Å². The second-order valence-corrected chi connectivity index (χ2v) is 9.90. The van der Waals surface area contributed by atoms with Gasteiger partial charge in [-0.05, 0) is 73.4 Å². The summed E-state index contributed by atoms with van der Waals surface area (Å²) in [7, 11) is 0. The number of phenolic OH excluding ortho intramolecular Hbond substituents is 1. The van der Waals surface area contributed by atoms with Crippen LogP contribution in [0.3, 0.4) is 0 Å². The van der Waals surface area contributed by atoms with Crippen LogP contribution in [0.4, 0.5) is 0 Å². The molecule has 3 nitrogen and oxygen atoms in total. The summed E-state index contributed by atoms with van der Waals surface area (Å²) in [5, 5.41) is 10.1. The molecule has 4 unspecified atom stereocenters. The highest BCUT2D eigenvalue weighted by atomic mass is 35.5. The van der Waals surface area contributed by atoms with Crippen LogP contribution in [0.25, 0.3) is 0 Å². The molecule has 1 N–H and O–H groups in total. The average molecular weight is 411 g/mol. The van der Waals surface area contributed by atoms with Gasteiger partial charge in [-0.15, -0.1) is 11.6 Å². The van der Waals surface area contributed by atoms with Gasteiger partial charge in [0.2, 0.25) is 0 Å². The van der Waals surface area contributed by atoms with Crippen LogP contribution in [0.1, 0.15) is 37.7 Å². The van der Waals surface area contributed by atoms with Crippen LogP contribution >= 0.6 is 11.6 Å². The normalized spacial score (nSPS) is 35.1. The van der Waals surface area contributed by atoms with Crippen molar-refractivity contribution in [2.75, 3.05) is 13.2 Å². The number of rotatable bonds is 6. The van der Waals surface area contributed by atoms with Crippen LogP contribution in [-0.2, 0) is 10.2 Å². The summed E-state index contributed by atoms with van der Waals surface area (Å²) in [6.07, 6.45) is 4.73. The standard InChI is InChI=1S/C25H27ClO3/c1-18-24(20-6-5-7-21(27)12-20)14-19-13-23(26,16-24)17-25(18,15-19)29-11-10-28-22-8-3-2-4-9-22/h2-9,12,19,27H,1,10-11,13-17H2. The minimum absolute atomic E-state index is 0.222. The third kappa shape index (κ3) is 3.15. The highest BCUT2D eigenvalue weighted by Crippen LogP contribution is 2.68. The molecule has 4 heteroatoms. The van der Waals surface area contributed by atoms with Crippen molar-refractivity contribution in [3.8, 4) is 11.5 Å². The van der Waals surface area contributed by atoms with E-state index >= 15 is 0 Å². The molecule has 4 aliphatic carbocycles. The quantitative estimate of drug-likeness (QED) is 0.382. The van der Waals surface area contributed by atoms with E-state index in [1.165, 1.54) is 0 Å². The highest BCUT2D eigenvalue weighted by molar-refractivity contribution is 6.24. The van der Waals surface area contributed by atoms with Crippen molar-refractivity contribution in [2.45, 2.75) is 48.0 Å². The Morgan fingerprint density at radius 3 is 2.59 bits per heavy atom. The summed E-state index contributed by atoms with van der Waals surface area (Å²) in [4.78, 5) is -0.270. The van der Waals surface area contributed by atoms with E-state index in [1.807, 2.05) is 42.5 Å². The SMILES string of the molecule is C=C1C2(OCCOc3ccccc3)CC3CC(Cl)(C2)CC1(c1cccc(O)c1)C3. The van der Waals surface area contributed by atoms with Gasteiger partial charge in [0.1, 0.15) is 18.1 Å². The van der Waals surface area contributed by atoms with Crippen molar-refractivity contribution in [3.63, 3.8) is 0 Å². The summed E-state index contributed by atoms with van der Waals surface area (Å²) >= 11 is 7.16. The first-order valence-corrected chi connectivity index (χ1v) is 10.8. The molecule has 4 fully saturated rings. The van der Waals surface area contributed by atoms with Crippen molar-refractivity contribution in [2.24, 2.45) is 5.92 Å². The summed E-state index contributed by atoms with van der Waals surface area (Å²) in [6, 6.07) is 17.4. The molecule has 4 aliphatic rings. The third-order valence-electron chi connectivity index (χ3n) is 7.13. The van der Waals surface area contributed by atoms with E-state index in [2.05, 4.69) is 12.6 Å². The highest BCUT2D eigenvalue weighted by Gasteiger charge is 2.66. The monoisotopic (exact) mass is 410 g/mol. The molecule has 2 aromatic carbocycles. The van der Waals surface area contributed by atoms with E-state index in [9.17, 15) is 5.11 Å². The minimum atomic E-state index is -0.410. The lowest BCUT2D eigenvalue weighted by Crippen LogP contribution is -2.65. The van der Waals surface area contributed by atoms with Gasteiger partial charge >= 0.3 is 0 Å². The van der Waals surface area contributed by atoms with E-state index in [0.717, 1.165) is 49.0 Å². The van der Waals surface area contributed by atoms with Gasteiger partial charge in [0.25, 0.3) is 0 Å². The van der Waals surface area contributed by atoms with Gasteiger partial charge in [-0.2, -0.15) is 0 Å². The fourth-order valence-corrected chi connectivity index (χ4v) is 6.96. The van der Waals surface area contributed by atoms with E-state index in [0.29, 0.717) is 24.9 Å². The second-order valence-electron chi connectivity index (χ2n) is 9.10. The van der Waals surface area contributed by atoms with Crippen molar-refractivity contribution < 1.29 is 14.6 Å². The molecule has 6 rings (SSSR count). The van der Waals surface area contributed by atoms with Crippen LogP contribution in [0, 0.1) is 5.92 Å². The number of hydrogen-bond donors (Lipinski definition) is 1. The summed E-state index contributed by atoms with van der Waals surface area (Å²) in [6.45, 7) is 5.57. The van der Waals surface area contributed by atoms with Crippen LogP contribution in [0.5, 0.6) is 11.5 Å². The summed E-state index contributed by atoms with van der Waals surface area (Å²) in [5.41, 5.74) is 1.61. The zero-order chi connectivity index (χ0) is 20.1. The molecule has 4 bridgehead atoms. The van der Waals surface area contributed by atoms with Crippen LogP contribution in [0.15, 0.2) is 66.7 Å². The third-order valence-corrected chi connectivity index (χ3v) is 7.55. The van der Waals surface area contributed by atoms with Gasteiger partial charge < -0.3 is 14.6 Å². The predicted molar refractivity (Wildman–Crippen MR) is 115 cm³/mol. The fourth-order valence-electron chi connectivity index (χ4n) is 6.30. The van der Waals surface area contributed by atoms with Gasteiger partial charge in [0, 0.05) is 10.3 Å². The average Bonchev–Trinajstić information content (AvgIpc) is 2.69. The molecular weight excluding hydrogens is 384 g/mol. The molecule has 4 saturated carbocycles. The van der Waals surface area contributed by atoms with Crippen molar-refractivity contribution in [3.05, 3.63) is 72.3 Å². The fraction of sp³-hybridized carbons (Fsp3) is 0.440. The molecule has 0 spiro atoms. The maximum absolute atomic E-state index is 10.1. The first-order valence-electron chi connectivity index (χ1n) is 10.4. The smallest absolute Gasteiger partial charge is 0.119 e. The maximum Gasteiger partial charge on any atom is 0.119 e. The molecule has 0 aliphatic heterocycles. The van der Waals surface area contributed by atoms with Gasteiger partial charge in [0.05, 0.1) is 12.2 Å². The maximum atomic E-state index is 10.1. The molecule has 2 aromatic rings. The Hall–Kier alpha value is -1.97. The second kappa shape index (κ2) is 6.78. The number of ether oxygens (including phenoxy) is 2. The molecule has 0 saturated heterocycles. The van der Waals surface area contributed by atoms with Crippen molar-refractivity contribution in [1.29, 1.82) is 0 Å². The lowest BCUT2D eigenvalue weighted by Gasteiger charge is -2.65. The first-order chi connectivity index (χ1) is 13.9. The first kappa shape index (κ1) is 19.0. The van der Waals surface area contributed by atoms with E-state index < -0.39 is 5.60 Å². The number of hydrogen-bond acceptors (Lipinski definition) is 3. The van der Waals surface area contributed by atoms with Gasteiger partial charge in [-0.25, -0.2) is 0 Å². The number of halogens is 1. The van der Waals surface area contributed by atoms with Gasteiger partial charge in [0.15, 0.2) is 0 Å². The minimum Gasteiger partial charge on any atom is -0.508 e. The molecular formula is C25H27ClO3. The van der Waals surface area contributed by atoms with Crippen LogP contribution in [-0.4, -0.2) is 28.8 Å². The van der Waals surface area contributed by atoms with Gasteiger partial charge in [-0.3, -0.25) is 0 Å². The Morgan fingerprint density at radius 2 is 1.83 bits per heavy atom. The van der Waals surface area contributed by atoms with E-state index in [1.54, 1.807) is 6.07 Å².